The number of halogens is 1. The highest BCUT2D eigenvalue weighted by atomic mass is 35.5. The predicted molar refractivity (Wildman–Crippen MR) is 98.6 cm³/mol. The molecule has 2 aromatic carbocycles. The molecular weight excluding hydrogens is 362 g/mol. The highest BCUT2D eigenvalue weighted by Gasteiger charge is 2.40. The fourth-order valence-corrected chi connectivity index (χ4v) is 4.34. The molecule has 128 valence electrons. The average molecular weight is 376 g/mol. The quantitative estimate of drug-likeness (QED) is 0.782. The van der Waals surface area contributed by atoms with Crippen LogP contribution in [0, 0.1) is 0 Å². The maximum Gasteiger partial charge on any atom is 0.283 e. The summed E-state index contributed by atoms with van der Waals surface area (Å²) >= 11 is 0. The number of nitrogens with one attached hydrogen (secondary N) is 1. The molecule has 0 unspecified atom stereocenters. The first kappa shape index (κ1) is 17.2. The van der Waals surface area contributed by atoms with Crippen LogP contribution in [0.3, 0.4) is 0 Å². The fourth-order valence-electron chi connectivity index (χ4n) is 3.10. The SMILES string of the molecule is CNC1=C(c2ccc(N)cc2)C2=NS(=O)(=O)c3cccc(c32)C1=O.Cl. The second kappa shape index (κ2) is 5.72. The molecule has 0 saturated heterocycles. The van der Waals surface area contributed by atoms with Gasteiger partial charge in [-0.25, -0.2) is 0 Å². The number of sulfonamides is 1. The van der Waals surface area contributed by atoms with Crippen LogP contribution in [0.15, 0.2) is 57.5 Å². The third-order valence-corrected chi connectivity index (χ3v) is 5.48. The number of carbonyl (C=O) groups is 1. The van der Waals surface area contributed by atoms with Gasteiger partial charge < -0.3 is 11.1 Å². The molecule has 6 nitrogen and oxygen atoms in total. The largest absolute Gasteiger partial charge is 0.399 e. The average Bonchev–Trinajstić information content (AvgIpc) is 2.84. The molecule has 0 radical (unpaired) electrons. The van der Waals surface area contributed by atoms with Gasteiger partial charge >= 0.3 is 0 Å². The minimum absolute atomic E-state index is 0. The second-order valence-electron chi connectivity index (χ2n) is 5.54. The van der Waals surface area contributed by atoms with Crippen LogP contribution in [0.4, 0.5) is 5.69 Å². The van der Waals surface area contributed by atoms with Gasteiger partial charge in [0.2, 0.25) is 5.78 Å². The Morgan fingerprint density at radius 3 is 2.40 bits per heavy atom. The Morgan fingerprint density at radius 1 is 1.08 bits per heavy atom. The molecule has 1 heterocycles. The molecule has 4 rings (SSSR count). The summed E-state index contributed by atoms with van der Waals surface area (Å²) in [4.78, 5) is 12.9. The van der Waals surface area contributed by atoms with Gasteiger partial charge in [0.05, 0.1) is 16.3 Å². The van der Waals surface area contributed by atoms with Crippen molar-refractivity contribution < 1.29 is 13.2 Å². The lowest BCUT2D eigenvalue weighted by Gasteiger charge is -2.22. The van der Waals surface area contributed by atoms with Crippen LogP contribution >= 0.6 is 12.4 Å². The molecule has 1 aliphatic heterocycles. The van der Waals surface area contributed by atoms with Crippen molar-refractivity contribution in [2.24, 2.45) is 4.40 Å². The Bertz CT molecular complexity index is 1070. The maximum atomic E-state index is 12.8. The summed E-state index contributed by atoms with van der Waals surface area (Å²) in [6.07, 6.45) is 0. The van der Waals surface area contributed by atoms with Crippen molar-refractivity contribution in [1.82, 2.24) is 5.32 Å². The highest BCUT2D eigenvalue weighted by Crippen LogP contribution is 2.40. The van der Waals surface area contributed by atoms with Crippen LogP contribution in [0.1, 0.15) is 21.5 Å². The van der Waals surface area contributed by atoms with Crippen LogP contribution in [0.5, 0.6) is 0 Å². The molecule has 25 heavy (non-hydrogen) atoms. The molecule has 0 atom stereocenters. The Kier molecular flexibility index (Phi) is 3.93. The van der Waals surface area contributed by atoms with Gasteiger partial charge in [0.25, 0.3) is 10.0 Å². The molecule has 2 aromatic rings. The van der Waals surface area contributed by atoms with E-state index in [0.717, 1.165) is 0 Å². The van der Waals surface area contributed by atoms with E-state index < -0.39 is 10.0 Å². The molecule has 3 N–H and O–H groups in total. The summed E-state index contributed by atoms with van der Waals surface area (Å²) < 4.78 is 28.7. The Morgan fingerprint density at radius 2 is 1.76 bits per heavy atom. The van der Waals surface area contributed by atoms with E-state index in [1.54, 1.807) is 43.4 Å². The standard InChI is InChI=1S/C17H13N3O3S.ClH/c1-19-16-13(9-5-7-10(18)8-6-9)15-14-11(17(16)21)3-2-4-12(14)24(22,23)20-15;/h2-8,19H,18H2,1H3;1H. The van der Waals surface area contributed by atoms with Gasteiger partial charge in [-0.2, -0.15) is 12.8 Å². The lowest BCUT2D eigenvalue weighted by molar-refractivity contribution is 0.102. The third-order valence-electron chi connectivity index (χ3n) is 4.16. The van der Waals surface area contributed by atoms with Crippen LogP contribution in [0.2, 0.25) is 0 Å². The highest BCUT2D eigenvalue weighted by molar-refractivity contribution is 7.90. The molecule has 0 saturated carbocycles. The monoisotopic (exact) mass is 375 g/mol. The molecule has 2 aliphatic rings. The van der Waals surface area contributed by atoms with Crippen molar-refractivity contribution in [2.45, 2.75) is 4.90 Å². The number of rotatable bonds is 2. The van der Waals surface area contributed by atoms with E-state index in [1.165, 1.54) is 6.07 Å². The number of hydrogen-bond acceptors (Lipinski definition) is 5. The number of nitrogens with zero attached hydrogens (tertiary/aromatic N) is 1. The molecule has 1 aliphatic carbocycles. The van der Waals surface area contributed by atoms with Gasteiger partial charge in [-0.05, 0) is 23.8 Å². The Balaban J connectivity index is 0.00000182. The summed E-state index contributed by atoms with van der Waals surface area (Å²) in [7, 11) is -2.18. The third kappa shape index (κ3) is 2.35. The molecule has 0 amide bonds. The van der Waals surface area contributed by atoms with Crippen LogP contribution in [-0.2, 0) is 10.0 Å². The second-order valence-corrected chi connectivity index (χ2v) is 7.12. The summed E-state index contributed by atoms with van der Waals surface area (Å²) in [6, 6.07) is 11.5. The summed E-state index contributed by atoms with van der Waals surface area (Å²) in [6.45, 7) is 0. The van der Waals surface area contributed by atoms with E-state index in [0.29, 0.717) is 39.4 Å². The summed E-state index contributed by atoms with van der Waals surface area (Å²) in [5.41, 5.74) is 8.80. The number of carbonyl (C=O) groups excluding carboxylic acids is 1. The first-order valence-electron chi connectivity index (χ1n) is 7.25. The van der Waals surface area contributed by atoms with Gasteiger partial charge in [0.1, 0.15) is 0 Å². The lowest BCUT2D eigenvalue weighted by atomic mass is 9.83. The van der Waals surface area contributed by atoms with E-state index >= 15 is 0 Å². The number of nitrogens with two attached hydrogens (primary N) is 1. The van der Waals surface area contributed by atoms with Crippen molar-refractivity contribution in [2.75, 3.05) is 12.8 Å². The van der Waals surface area contributed by atoms with Gasteiger partial charge in [-0.15, -0.1) is 12.4 Å². The normalized spacial score (nSPS) is 16.8. The Hall–Kier alpha value is -2.64. The molecule has 8 heteroatoms. The van der Waals surface area contributed by atoms with Crippen molar-refractivity contribution in [3.63, 3.8) is 0 Å². The van der Waals surface area contributed by atoms with Crippen LogP contribution < -0.4 is 11.1 Å². The number of allylic oxidation sites excluding steroid dienone is 2. The number of anilines is 1. The molecule has 0 aromatic heterocycles. The number of likely N-dealkylation sites (N-methyl/N-ethyl adjacent to an activating group) is 1. The van der Waals surface area contributed by atoms with Crippen molar-refractivity contribution in [3.05, 3.63) is 64.9 Å². The van der Waals surface area contributed by atoms with Crippen molar-refractivity contribution >= 4 is 45.2 Å². The van der Waals surface area contributed by atoms with Crippen molar-refractivity contribution in [3.8, 4) is 0 Å². The predicted octanol–water partition coefficient (Wildman–Crippen LogP) is 2.01. The van der Waals surface area contributed by atoms with E-state index in [-0.39, 0.29) is 23.1 Å². The van der Waals surface area contributed by atoms with Crippen molar-refractivity contribution in [1.29, 1.82) is 0 Å². The molecular formula is C17H14ClN3O3S. The van der Waals surface area contributed by atoms with Crippen LogP contribution in [-0.4, -0.2) is 27.0 Å². The maximum absolute atomic E-state index is 12.8. The zero-order valence-electron chi connectivity index (χ0n) is 13.1. The molecule has 0 bridgehead atoms. The number of nitrogen functional groups attached to an aromatic ring is 1. The minimum Gasteiger partial charge on any atom is -0.399 e. The lowest BCUT2D eigenvalue weighted by Crippen LogP contribution is -2.27. The zero-order chi connectivity index (χ0) is 17.1. The van der Waals surface area contributed by atoms with E-state index in [9.17, 15) is 13.2 Å². The van der Waals surface area contributed by atoms with E-state index in [2.05, 4.69) is 9.71 Å². The number of Topliss-reactive ketones (excluding diaryl/α,β-unsaturated/α-hetero) is 1. The topological polar surface area (TPSA) is 102 Å². The van der Waals surface area contributed by atoms with Gasteiger partial charge in [0.15, 0.2) is 0 Å². The molecule has 0 fully saturated rings. The number of benzene rings is 2. The summed E-state index contributed by atoms with van der Waals surface area (Å²) in [5.74, 6) is -0.253. The summed E-state index contributed by atoms with van der Waals surface area (Å²) in [5, 5.41) is 2.90. The minimum atomic E-state index is -3.80. The number of ketones is 1. The van der Waals surface area contributed by atoms with E-state index in [1.807, 2.05) is 0 Å². The van der Waals surface area contributed by atoms with Gasteiger partial charge in [0, 0.05) is 29.4 Å². The zero-order valence-corrected chi connectivity index (χ0v) is 14.7. The smallest absolute Gasteiger partial charge is 0.283 e. The first-order valence-corrected chi connectivity index (χ1v) is 8.69. The van der Waals surface area contributed by atoms with Crippen LogP contribution in [0.25, 0.3) is 5.57 Å². The Labute approximate surface area is 150 Å². The first-order chi connectivity index (χ1) is 11.4. The number of hydrogen-bond donors (Lipinski definition) is 2. The van der Waals surface area contributed by atoms with Gasteiger partial charge in [-0.1, -0.05) is 24.3 Å². The van der Waals surface area contributed by atoms with Gasteiger partial charge in [-0.3, -0.25) is 4.79 Å². The van der Waals surface area contributed by atoms with E-state index in [4.69, 9.17) is 5.73 Å². The fraction of sp³-hybridized carbons (Fsp3) is 0.0588. The molecule has 0 spiro atoms.